The summed E-state index contributed by atoms with van der Waals surface area (Å²) in [6, 6.07) is 7.49. The van der Waals surface area contributed by atoms with Crippen LogP contribution < -0.4 is 4.90 Å². The van der Waals surface area contributed by atoms with Crippen LogP contribution in [-0.4, -0.2) is 65.8 Å². The third-order valence-corrected chi connectivity index (χ3v) is 7.95. The highest BCUT2D eigenvalue weighted by Gasteiger charge is 2.33. The van der Waals surface area contributed by atoms with Crippen LogP contribution in [0.2, 0.25) is 0 Å². The molecule has 1 aromatic carbocycles. The Morgan fingerprint density at radius 3 is 2.76 bits per heavy atom. The number of hydrogen-bond donors (Lipinski definition) is 0. The fraction of sp³-hybridized carbons (Fsp3) is 0.556. The van der Waals surface area contributed by atoms with Crippen LogP contribution in [0.4, 0.5) is 11.5 Å². The Morgan fingerprint density at radius 1 is 1.15 bits per heavy atom. The van der Waals surface area contributed by atoms with E-state index in [1.165, 1.54) is 28.1 Å². The van der Waals surface area contributed by atoms with Crippen molar-refractivity contribution < 1.29 is 4.74 Å². The Balaban J connectivity index is 1.38. The summed E-state index contributed by atoms with van der Waals surface area (Å²) in [7, 11) is 2.04. The highest BCUT2D eigenvalue weighted by molar-refractivity contribution is 5.73. The van der Waals surface area contributed by atoms with Gasteiger partial charge >= 0.3 is 0 Å². The van der Waals surface area contributed by atoms with E-state index >= 15 is 0 Å². The Kier molecular flexibility index (Phi) is 5.60. The molecular formula is C27H36N6O. The Bertz CT molecular complexity index is 1110. The standard InChI is InChI=1S/C27H36N6O/c1-19(2)31-12-8-26-24(18-31)27(29-33(26)23-9-13-34-14-10-23)32-11-4-5-21-15-20(6-7-25(21)32)22-16-28-30(3)17-22/h6-7,15-16,22-23H,1,4-5,8-14,17-18H2,2-3H3. The summed E-state index contributed by atoms with van der Waals surface area (Å²) in [6.07, 6.45) is 7.49. The number of hydrogen-bond acceptors (Lipinski definition) is 6. The molecule has 0 radical (unpaired) electrons. The summed E-state index contributed by atoms with van der Waals surface area (Å²) in [6.45, 7) is 11.9. The number of ether oxygens (including phenoxy) is 1. The minimum Gasteiger partial charge on any atom is -0.381 e. The molecular weight excluding hydrogens is 424 g/mol. The number of hydrazone groups is 1. The van der Waals surface area contributed by atoms with E-state index in [-0.39, 0.29) is 0 Å². The molecule has 7 heteroatoms. The maximum atomic E-state index is 5.66. The molecule has 1 aromatic heterocycles. The van der Waals surface area contributed by atoms with E-state index in [9.17, 15) is 0 Å². The van der Waals surface area contributed by atoms with Crippen molar-refractivity contribution in [1.29, 1.82) is 0 Å². The van der Waals surface area contributed by atoms with Crippen LogP contribution >= 0.6 is 0 Å². The van der Waals surface area contributed by atoms with Crippen LogP contribution in [0.15, 0.2) is 35.6 Å². The normalized spacial score (nSPS) is 22.8. The van der Waals surface area contributed by atoms with Crippen molar-refractivity contribution in [3.8, 4) is 0 Å². The summed E-state index contributed by atoms with van der Waals surface area (Å²) in [5, 5.41) is 11.8. The maximum Gasteiger partial charge on any atom is 0.160 e. The predicted octanol–water partition coefficient (Wildman–Crippen LogP) is 4.23. The highest BCUT2D eigenvalue weighted by Crippen LogP contribution is 2.40. The minimum absolute atomic E-state index is 0.385. The predicted molar refractivity (Wildman–Crippen MR) is 136 cm³/mol. The molecule has 0 amide bonds. The Morgan fingerprint density at radius 2 is 2.00 bits per heavy atom. The van der Waals surface area contributed by atoms with Crippen LogP contribution in [0, 0.1) is 0 Å². The molecule has 6 rings (SSSR count). The summed E-state index contributed by atoms with van der Waals surface area (Å²) < 4.78 is 8.03. The van der Waals surface area contributed by atoms with E-state index < -0.39 is 0 Å². The van der Waals surface area contributed by atoms with Crippen LogP contribution in [0.25, 0.3) is 0 Å². The van der Waals surface area contributed by atoms with E-state index in [4.69, 9.17) is 9.84 Å². The van der Waals surface area contributed by atoms with Gasteiger partial charge in [0.05, 0.1) is 6.04 Å². The molecule has 0 N–H and O–H groups in total. The Hall–Kier alpha value is -2.80. The van der Waals surface area contributed by atoms with Crippen molar-refractivity contribution in [2.24, 2.45) is 5.10 Å². The summed E-state index contributed by atoms with van der Waals surface area (Å²) in [5.74, 6) is 1.54. The number of nitrogens with zero attached hydrogens (tertiary/aromatic N) is 6. The number of likely N-dealkylation sites (N-methyl/N-ethyl adjacent to an activating group) is 1. The molecule has 4 aliphatic heterocycles. The molecule has 0 aliphatic carbocycles. The first-order chi connectivity index (χ1) is 16.6. The fourth-order valence-corrected chi connectivity index (χ4v) is 6.04. The van der Waals surface area contributed by atoms with Crippen LogP contribution in [0.5, 0.6) is 0 Å². The van der Waals surface area contributed by atoms with Gasteiger partial charge in [-0.05, 0) is 49.8 Å². The molecule has 0 saturated carbocycles. The van der Waals surface area contributed by atoms with Gasteiger partial charge in [-0.25, -0.2) is 0 Å². The van der Waals surface area contributed by atoms with E-state index in [0.29, 0.717) is 12.0 Å². The average molecular weight is 461 g/mol. The highest BCUT2D eigenvalue weighted by atomic mass is 16.5. The SMILES string of the molecule is C=C(C)N1CCc2c(c(N3CCCc4cc(C5C=NN(C)C5)ccc43)nn2C2CCOCC2)C1. The average Bonchev–Trinajstić information content (AvgIpc) is 3.47. The van der Waals surface area contributed by atoms with Crippen molar-refractivity contribution in [3.05, 3.63) is 52.9 Å². The lowest BCUT2D eigenvalue weighted by Gasteiger charge is -2.34. The number of anilines is 2. The van der Waals surface area contributed by atoms with Crippen molar-refractivity contribution in [2.75, 3.05) is 44.8 Å². The van der Waals surface area contributed by atoms with Gasteiger partial charge in [-0.15, -0.1) is 0 Å². The third-order valence-electron chi connectivity index (χ3n) is 7.95. The summed E-state index contributed by atoms with van der Waals surface area (Å²) >= 11 is 0. The number of aryl methyl sites for hydroxylation is 1. The molecule has 34 heavy (non-hydrogen) atoms. The van der Waals surface area contributed by atoms with Gasteiger partial charge in [-0.1, -0.05) is 18.7 Å². The first kappa shape index (κ1) is 21.7. The lowest BCUT2D eigenvalue weighted by Crippen LogP contribution is -2.32. The van der Waals surface area contributed by atoms with Crippen molar-refractivity contribution >= 4 is 17.7 Å². The smallest absolute Gasteiger partial charge is 0.160 e. The molecule has 5 heterocycles. The summed E-state index contributed by atoms with van der Waals surface area (Å²) in [5.41, 5.74) is 8.09. The summed E-state index contributed by atoms with van der Waals surface area (Å²) in [4.78, 5) is 4.90. The molecule has 1 fully saturated rings. The number of rotatable bonds is 4. The van der Waals surface area contributed by atoms with Gasteiger partial charge in [0.2, 0.25) is 0 Å². The molecule has 0 spiro atoms. The zero-order valence-corrected chi connectivity index (χ0v) is 20.5. The van der Waals surface area contributed by atoms with Gasteiger partial charge in [0.15, 0.2) is 5.82 Å². The largest absolute Gasteiger partial charge is 0.381 e. The maximum absolute atomic E-state index is 5.66. The first-order valence-corrected chi connectivity index (χ1v) is 12.8. The van der Waals surface area contributed by atoms with Crippen molar-refractivity contribution in [1.82, 2.24) is 19.7 Å². The molecule has 1 atom stereocenters. The fourth-order valence-electron chi connectivity index (χ4n) is 6.04. The van der Waals surface area contributed by atoms with Gasteiger partial charge in [0.1, 0.15) is 0 Å². The lowest BCUT2D eigenvalue weighted by molar-refractivity contribution is 0.0651. The second-order valence-corrected chi connectivity index (χ2v) is 10.3. The zero-order valence-electron chi connectivity index (χ0n) is 20.5. The molecule has 0 bridgehead atoms. The van der Waals surface area contributed by atoms with Gasteiger partial charge in [-0.3, -0.25) is 9.69 Å². The molecule has 7 nitrogen and oxygen atoms in total. The number of aromatic nitrogens is 2. The van der Waals surface area contributed by atoms with Gasteiger partial charge < -0.3 is 14.5 Å². The molecule has 4 aliphatic rings. The van der Waals surface area contributed by atoms with Crippen LogP contribution in [0.3, 0.4) is 0 Å². The minimum atomic E-state index is 0.385. The van der Waals surface area contributed by atoms with E-state index in [1.54, 1.807) is 0 Å². The lowest BCUT2D eigenvalue weighted by atomic mass is 9.93. The molecule has 1 saturated heterocycles. The zero-order chi connectivity index (χ0) is 23.2. The van der Waals surface area contributed by atoms with Crippen molar-refractivity contribution in [2.45, 2.75) is 57.5 Å². The first-order valence-electron chi connectivity index (χ1n) is 12.8. The van der Waals surface area contributed by atoms with Crippen LogP contribution in [-0.2, 0) is 24.1 Å². The second kappa shape index (κ2) is 8.77. The van der Waals surface area contributed by atoms with E-state index in [2.05, 4.69) is 57.5 Å². The van der Waals surface area contributed by atoms with Gasteiger partial charge in [0.25, 0.3) is 0 Å². The molecule has 180 valence electrons. The second-order valence-electron chi connectivity index (χ2n) is 10.3. The van der Waals surface area contributed by atoms with Gasteiger partial charge in [0, 0.05) is 87.6 Å². The number of benzene rings is 1. The van der Waals surface area contributed by atoms with Crippen molar-refractivity contribution in [3.63, 3.8) is 0 Å². The number of fused-ring (bicyclic) bond motifs is 2. The topological polar surface area (TPSA) is 49.1 Å². The van der Waals surface area contributed by atoms with E-state index in [1.807, 2.05) is 12.1 Å². The quantitative estimate of drug-likeness (QED) is 0.684. The molecule has 2 aromatic rings. The Labute approximate surface area is 202 Å². The number of allylic oxidation sites excluding steroid dienone is 1. The van der Waals surface area contributed by atoms with Gasteiger partial charge in [-0.2, -0.15) is 10.2 Å². The monoisotopic (exact) mass is 460 g/mol. The third kappa shape index (κ3) is 3.80. The van der Waals surface area contributed by atoms with Crippen LogP contribution in [0.1, 0.15) is 60.5 Å². The molecule has 1 unspecified atom stereocenters. The van der Waals surface area contributed by atoms with E-state index in [0.717, 1.165) is 83.0 Å².